The summed E-state index contributed by atoms with van der Waals surface area (Å²) >= 11 is 0. The highest BCUT2D eigenvalue weighted by Gasteiger charge is 2.36. The summed E-state index contributed by atoms with van der Waals surface area (Å²) in [5, 5.41) is 17.8. The summed E-state index contributed by atoms with van der Waals surface area (Å²) in [7, 11) is 1.57. The molecule has 2 unspecified atom stereocenters. The van der Waals surface area contributed by atoms with Gasteiger partial charge in [0.1, 0.15) is 5.71 Å². The molecule has 124 valence electrons. The van der Waals surface area contributed by atoms with Crippen molar-refractivity contribution in [1.29, 1.82) is 0 Å². The average molecular weight is 319 g/mol. The van der Waals surface area contributed by atoms with Gasteiger partial charge in [-0.3, -0.25) is 9.80 Å². The van der Waals surface area contributed by atoms with Crippen molar-refractivity contribution in [3.05, 3.63) is 30.3 Å². The van der Waals surface area contributed by atoms with E-state index in [0.29, 0.717) is 5.69 Å². The maximum Gasteiger partial charge on any atom is 0.328 e. The van der Waals surface area contributed by atoms with Gasteiger partial charge in [0.25, 0.3) is 5.91 Å². The molecule has 0 spiro atoms. The van der Waals surface area contributed by atoms with Crippen LogP contribution in [0.2, 0.25) is 0 Å². The fraction of sp³-hybridized carbons (Fsp3) is 0.438. The molecule has 1 amide bonds. The van der Waals surface area contributed by atoms with Gasteiger partial charge < -0.3 is 15.2 Å². The number of carboxylic acid groups (broad SMARTS) is 1. The van der Waals surface area contributed by atoms with Crippen LogP contribution in [0.4, 0.5) is 5.69 Å². The predicted molar refractivity (Wildman–Crippen MR) is 86.5 cm³/mol. The number of ether oxygens (including phenoxy) is 1. The van der Waals surface area contributed by atoms with Crippen LogP contribution >= 0.6 is 0 Å². The lowest BCUT2D eigenvalue weighted by atomic mass is 10.1. The second kappa shape index (κ2) is 7.23. The first-order valence-electron chi connectivity index (χ1n) is 7.42. The van der Waals surface area contributed by atoms with Gasteiger partial charge in [0.2, 0.25) is 0 Å². The minimum atomic E-state index is -1.02. The smallest absolute Gasteiger partial charge is 0.328 e. The average Bonchev–Trinajstić information content (AvgIpc) is 3.00. The zero-order valence-electron chi connectivity index (χ0n) is 13.4. The van der Waals surface area contributed by atoms with Crippen molar-refractivity contribution in [3.63, 3.8) is 0 Å². The second-order valence-corrected chi connectivity index (χ2v) is 5.49. The molecule has 0 saturated heterocycles. The van der Waals surface area contributed by atoms with Crippen molar-refractivity contribution < 1.29 is 19.4 Å². The summed E-state index contributed by atoms with van der Waals surface area (Å²) in [6.45, 7) is 3.67. The molecular weight excluding hydrogens is 298 g/mol. The van der Waals surface area contributed by atoms with Crippen LogP contribution in [-0.4, -0.2) is 48.0 Å². The summed E-state index contributed by atoms with van der Waals surface area (Å²) in [4.78, 5) is 23.8. The van der Waals surface area contributed by atoms with Gasteiger partial charge in [-0.25, -0.2) is 4.79 Å². The molecule has 7 heteroatoms. The third kappa shape index (κ3) is 3.87. The number of nitrogens with zero attached hydrogens (tertiary/aromatic N) is 2. The minimum absolute atomic E-state index is 0.0597. The van der Waals surface area contributed by atoms with Gasteiger partial charge in [0.05, 0.1) is 17.8 Å². The van der Waals surface area contributed by atoms with Crippen molar-refractivity contribution in [1.82, 2.24) is 5.32 Å². The van der Waals surface area contributed by atoms with E-state index in [1.807, 2.05) is 19.9 Å². The van der Waals surface area contributed by atoms with Crippen LogP contribution in [0.3, 0.4) is 0 Å². The Labute approximate surface area is 134 Å². The molecule has 1 aromatic carbocycles. The Morgan fingerprint density at radius 3 is 2.57 bits per heavy atom. The topological polar surface area (TPSA) is 91.2 Å². The molecule has 1 aromatic rings. The number of para-hydroxylation sites is 1. The molecule has 0 saturated carbocycles. The van der Waals surface area contributed by atoms with E-state index < -0.39 is 12.0 Å². The number of carboxylic acids is 1. The monoisotopic (exact) mass is 319 g/mol. The van der Waals surface area contributed by atoms with E-state index in [-0.39, 0.29) is 30.2 Å². The highest BCUT2D eigenvalue weighted by molar-refractivity contribution is 6.40. The summed E-state index contributed by atoms with van der Waals surface area (Å²) in [6.07, 6.45) is -0.0918. The molecule has 0 aliphatic carbocycles. The number of rotatable bonds is 6. The van der Waals surface area contributed by atoms with Gasteiger partial charge in [-0.05, 0) is 26.0 Å². The number of hydrogen-bond donors (Lipinski definition) is 2. The molecule has 1 heterocycles. The van der Waals surface area contributed by atoms with Crippen LogP contribution in [0.25, 0.3) is 0 Å². The van der Waals surface area contributed by atoms with Crippen molar-refractivity contribution in [3.8, 4) is 0 Å². The lowest BCUT2D eigenvalue weighted by Gasteiger charge is -2.19. The first-order chi connectivity index (χ1) is 10.9. The fourth-order valence-electron chi connectivity index (χ4n) is 2.27. The lowest BCUT2D eigenvalue weighted by Crippen LogP contribution is -2.43. The number of methoxy groups -OCH3 is 1. The number of hydrazone groups is 1. The Bertz CT molecular complexity index is 603. The Hall–Kier alpha value is -2.41. The van der Waals surface area contributed by atoms with Gasteiger partial charge in [-0.1, -0.05) is 18.2 Å². The molecular formula is C16H21N3O4. The molecule has 1 aliphatic rings. The van der Waals surface area contributed by atoms with E-state index in [4.69, 9.17) is 4.74 Å². The molecule has 0 bridgehead atoms. The van der Waals surface area contributed by atoms with E-state index in [9.17, 15) is 14.7 Å². The van der Waals surface area contributed by atoms with Gasteiger partial charge >= 0.3 is 5.97 Å². The molecule has 23 heavy (non-hydrogen) atoms. The molecule has 1 aliphatic heterocycles. The predicted octanol–water partition coefficient (Wildman–Crippen LogP) is 1.25. The van der Waals surface area contributed by atoms with Crippen molar-refractivity contribution in [2.45, 2.75) is 38.5 Å². The van der Waals surface area contributed by atoms with E-state index in [2.05, 4.69) is 10.4 Å². The van der Waals surface area contributed by atoms with Gasteiger partial charge in [-0.15, -0.1) is 0 Å². The summed E-state index contributed by atoms with van der Waals surface area (Å²) in [5.74, 6) is -1.38. The summed E-state index contributed by atoms with van der Waals surface area (Å²) in [6, 6.07) is 7.86. The normalized spacial score (nSPS) is 19.9. The van der Waals surface area contributed by atoms with Crippen LogP contribution in [0.5, 0.6) is 0 Å². The lowest BCUT2D eigenvalue weighted by molar-refractivity contribution is -0.138. The maximum absolute atomic E-state index is 12.3. The van der Waals surface area contributed by atoms with Crippen LogP contribution in [0.1, 0.15) is 20.3 Å². The third-order valence-electron chi connectivity index (χ3n) is 3.91. The van der Waals surface area contributed by atoms with Crippen LogP contribution < -0.4 is 10.3 Å². The maximum atomic E-state index is 12.3. The number of carbonyl (C=O) groups excluding carboxylic acids is 1. The highest BCUT2D eigenvalue weighted by atomic mass is 16.5. The van der Waals surface area contributed by atoms with Crippen molar-refractivity contribution >= 4 is 23.3 Å². The molecule has 3 atom stereocenters. The molecule has 2 rings (SSSR count). The number of amides is 1. The Morgan fingerprint density at radius 2 is 2.00 bits per heavy atom. The highest BCUT2D eigenvalue weighted by Crippen LogP contribution is 2.24. The van der Waals surface area contributed by atoms with Crippen molar-refractivity contribution in [2.75, 3.05) is 12.1 Å². The van der Waals surface area contributed by atoms with E-state index in [1.54, 1.807) is 31.4 Å². The van der Waals surface area contributed by atoms with Gasteiger partial charge in [0.15, 0.2) is 6.04 Å². The third-order valence-corrected chi connectivity index (χ3v) is 3.91. The number of anilines is 1. The molecule has 7 nitrogen and oxygen atoms in total. The largest absolute Gasteiger partial charge is 0.480 e. The standard InChI is InChI=1S/C16H21N3O4/c1-10(11(2)23-3)17-15(20)13-9-14(16(21)22)19(18-13)12-7-5-4-6-8-12/h4-8,10-11,14H,9H2,1-3H3,(H,17,20)(H,21,22)/t10-,11?,14?/m0/s1. The fourth-order valence-corrected chi connectivity index (χ4v) is 2.27. The number of carbonyl (C=O) groups is 2. The van der Waals surface area contributed by atoms with Crippen LogP contribution in [-0.2, 0) is 14.3 Å². The number of nitrogens with one attached hydrogen (secondary N) is 1. The summed E-state index contributed by atoms with van der Waals surface area (Å²) in [5.41, 5.74) is 0.845. The van der Waals surface area contributed by atoms with Crippen LogP contribution in [0, 0.1) is 0 Å². The first kappa shape index (κ1) is 17.0. The van der Waals surface area contributed by atoms with E-state index in [0.717, 1.165) is 0 Å². The Morgan fingerprint density at radius 1 is 1.35 bits per heavy atom. The zero-order chi connectivity index (χ0) is 17.0. The SMILES string of the molecule is COC(C)[C@H](C)NC(=O)C1=NN(c2ccccc2)C(C(=O)O)C1. The molecule has 0 radical (unpaired) electrons. The van der Waals surface area contributed by atoms with E-state index >= 15 is 0 Å². The molecule has 0 aromatic heterocycles. The second-order valence-electron chi connectivity index (χ2n) is 5.49. The molecule has 0 fully saturated rings. The first-order valence-corrected chi connectivity index (χ1v) is 7.42. The van der Waals surface area contributed by atoms with Gasteiger partial charge in [-0.2, -0.15) is 5.10 Å². The Kier molecular flexibility index (Phi) is 5.33. The number of benzene rings is 1. The van der Waals surface area contributed by atoms with Crippen molar-refractivity contribution in [2.24, 2.45) is 5.10 Å². The Balaban J connectivity index is 2.17. The molecule has 2 N–H and O–H groups in total. The van der Waals surface area contributed by atoms with E-state index in [1.165, 1.54) is 5.01 Å². The quantitative estimate of drug-likeness (QED) is 0.823. The minimum Gasteiger partial charge on any atom is -0.480 e. The van der Waals surface area contributed by atoms with Gasteiger partial charge in [0, 0.05) is 13.5 Å². The van der Waals surface area contributed by atoms with Crippen LogP contribution in [0.15, 0.2) is 35.4 Å². The summed E-state index contributed by atoms with van der Waals surface area (Å²) < 4.78 is 5.17. The number of aliphatic carboxylic acids is 1. The zero-order valence-corrected chi connectivity index (χ0v) is 13.4. The number of hydrogen-bond acceptors (Lipinski definition) is 5.